The highest BCUT2D eigenvalue weighted by molar-refractivity contribution is 6.04. The highest BCUT2D eigenvalue weighted by atomic mass is 19.1. The molecule has 0 saturated carbocycles. The van der Waals surface area contributed by atoms with E-state index in [1.54, 1.807) is 37.4 Å². The van der Waals surface area contributed by atoms with Crippen LogP contribution in [-0.4, -0.2) is 10.9 Å². The highest BCUT2D eigenvalue weighted by Gasteiger charge is 2.14. The zero-order valence-electron chi connectivity index (χ0n) is 15.9. The quantitative estimate of drug-likeness (QED) is 0.534. The van der Waals surface area contributed by atoms with E-state index in [4.69, 9.17) is 4.42 Å². The van der Waals surface area contributed by atoms with Gasteiger partial charge in [0.05, 0.1) is 5.69 Å². The smallest absolute Gasteiger partial charge is 0.262 e. The molecule has 0 spiro atoms. The lowest BCUT2D eigenvalue weighted by atomic mass is 10.1. The fraction of sp³-hybridized carbons (Fsp3) is 0.0870. The zero-order valence-corrected chi connectivity index (χ0v) is 15.9. The summed E-state index contributed by atoms with van der Waals surface area (Å²) in [4.78, 5) is 21.7. The first kappa shape index (κ1) is 18.6. The molecule has 29 heavy (non-hydrogen) atoms. The van der Waals surface area contributed by atoms with Gasteiger partial charge in [0.15, 0.2) is 0 Å². The number of hydrogen-bond acceptors (Lipinski definition) is 4. The molecule has 4 aromatic rings. The van der Waals surface area contributed by atoms with E-state index in [0.717, 1.165) is 10.9 Å². The third-order valence-corrected chi connectivity index (χ3v) is 4.43. The van der Waals surface area contributed by atoms with Gasteiger partial charge in [-0.1, -0.05) is 24.3 Å². The fourth-order valence-corrected chi connectivity index (χ4v) is 2.89. The van der Waals surface area contributed by atoms with Gasteiger partial charge < -0.3 is 9.73 Å². The average Bonchev–Trinajstić information content (AvgIpc) is 2.71. The van der Waals surface area contributed by atoms with Crippen molar-refractivity contribution in [3.05, 3.63) is 94.9 Å². The number of carbonyl (C=O) groups is 1. The summed E-state index contributed by atoms with van der Waals surface area (Å²) in [7, 11) is 0. The Bertz CT molecular complexity index is 1280. The molecular weight excluding hydrogens is 369 g/mol. The summed E-state index contributed by atoms with van der Waals surface area (Å²) in [6, 6.07) is 16.9. The van der Waals surface area contributed by atoms with Gasteiger partial charge in [-0.15, -0.1) is 0 Å². The second-order valence-corrected chi connectivity index (χ2v) is 6.72. The van der Waals surface area contributed by atoms with E-state index in [-0.39, 0.29) is 16.9 Å². The molecule has 144 valence electrons. The van der Waals surface area contributed by atoms with Gasteiger partial charge in [-0.3, -0.25) is 4.79 Å². The lowest BCUT2D eigenvalue weighted by molar-refractivity contribution is 0.102. The summed E-state index contributed by atoms with van der Waals surface area (Å²) >= 11 is 0. The van der Waals surface area contributed by atoms with Gasteiger partial charge in [0.2, 0.25) is 5.55 Å². The van der Waals surface area contributed by atoms with Gasteiger partial charge >= 0.3 is 0 Å². The van der Waals surface area contributed by atoms with Crippen molar-refractivity contribution in [2.24, 2.45) is 4.99 Å². The van der Waals surface area contributed by atoms with Crippen molar-refractivity contribution in [1.82, 2.24) is 4.98 Å². The van der Waals surface area contributed by atoms with Crippen LogP contribution in [0, 0.1) is 19.7 Å². The molecule has 1 N–H and O–H groups in total. The number of aryl methyl sites for hydroxylation is 2. The third kappa shape index (κ3) is 4.06. The molecule has 0 unspecified atom stereocenters. The van der Waals surface area contributed by atoms with Crippen LogP contribution < -0.4 is 10.9 Å². The van der Waals surface area contributed by atoms with E-state index in [1.165, 1.54) is 12.1 Å². The summed E-state index contributed by atoms with van der Waals surface area (Å²) in [5.41, 5.74) is 3.15. The number of halogens is 1. The van der Waals surface area contributed by atoms with Crippen molar-refractivity contribution in [3.8, 4) is 0 Å². The Morgan fingerprint density at radius 1 is 1.07 bits per heavy atom. The number of para-hydroxylation sites is 1. The molecule has 0 saturated heterocycles. The van der Waals surface area contributed by atoms with Crippen LogP contribution in [0.2, 0.25) is 0 Å². The predicted octanol–water partition coefficient (Wildman–Crippen LogP) is 5.07. The second-order valence-electron chi connectivity index (χ2n) is 6.72. The molecule has 2 aromatic heterocycles. The van der Waals surface area contributed by atoms with E-state index in [9.17, 15) is 9.18 Å². The van der Waals surface area contributed by atoms with Crippen LogP contribution in [0.1, 0.15) is 21.5 Å². The van der Waals surface area contributed by atoms with E-state index in [1.807, 2.05) is 31.2 Å². The Labute approximate surface area is 166 Å². The van der Waals surface area contributed by atoms with Crippen LogP contribution in [0.3, 0.4) is 0 Å². The van der Waals surface area contributed by atoms with E-state index in [2.05, 4.69) is 15.3 Å². The van der Waals surface area contributed by atoms with Crippen LogP contribution >= 0.6 is 0 Å². The van der Waals surface area contributed by atoms with E-state index < -0.39 is 5.91 Å². The molecule has 5 nitrogen and oxygen atoms in total. The SMILES string of the molecule is Cc1ccc(NC(=O)c2cc3ccccc3oc2=Nc2ccc(F)cc2C)nc1. The van der Waals surface area contributed by atoms with Crippen LogP contribution in [0.25, 0.3) is 11.0 Å². The molecule has 0 atom stereocenters. The number of benzene rings is 2. The Morgan fingerprint density at radius 2 is 1.90 bits per heavy atom. The molecule has 2 heterocycles. The van der Waals surface area contributed by atoms with Crippen molar-refractivity contribution in [2.75, 3.05) is 5.32 Å². The Balaban J connectivity index is 1.84. The maximum absolute atomic E-state index is 13.4. The van der Waals surface area contributed by atoms with E-state index >= 15 is 0 Å². The molecule has 6 heteroatoms. The van der Waals surface area contributed by atoms with Crippen LogP contribution in [-0.2, 0) is 0 Å². The lowest BCUT2D eigenvalue weighted by Gasteiger charge is -2.07. The fourth-order valence-electron chi connectivity index (χ4n) is 2.89. The number of nitrogens with one attached hydrogen (secondary N) is 1. The summed E-state index contributed by atoms with van der Waals surface area (Å²) in [5, 5.41) is 3.54. The van der Waals surface area contributed by atoms with Crippen molar-refractivity contribution in [2.45, 2.75) is 13.8 Å². The number of rotatable bonds is 3. The Morgan fingerprint density at radius 3 is 2.66 bits per heavy atom. The zero-order chi connectivity index (χ0) is 20.4. The number of anilines is 1. The summed E-state index contributed by atoms with van der Waals surface area (Å²) in [6.07, 6.45) is 1.67. The first-order chi connectivity index (χ1) is 14.0. The van der Waals surface area contributed by atoms with Gasteiger partial charge in [-0.05, 0) is 61.4 Å². The molecule has 4 rings (SSSR count). The first-order valence-corrected chi connectivity index (χ1v) is 9.07. The predicted molar refractivity (Wildman–Crippen MR) is 110 cm³/mol. The van der Waals surface area contributed by atoms with Gasteiger partial charge in [0.1, 0.15) is 22.8 Å². The van der Waals surface area contributed by atoms with E-state index in [0.29, 0.717) is 22.7 Å². The average molecular weight is 387 g/mol. The number of pyridine rings is 1. The molecule has 0 aliphatic rings. The Kier molecular flexibility index (Phi) is 4.91. The lowest BCUT2D eigenvalue weighted by Crippen LogP contribution is -2.22. The minimum atomic E-state index is -0.394. The molecule has 1 amide bonds. The molecule has 0 fully saturated rings. The maximum Gasteiger partial charge on any atom is 0.262 e. The van der Waals surface area contributed by atoms with Gasteiger partial charge in [-0.25, -0.2) is 14.4 Å². The van der Waals surface area contributed by atoms with Crippen molar-refractivity contribution in [3.63, 3.8) is 0 Å². The molecule has 0 bridgehead atoms. The number of amides is 1. The van der Waals surface area contributed by atoms with Crippen molar-refractivity contribution >= 4 is 28.4 Å². The monoisotopic (exact) mass is 387 g/mol. The maximum atomic E-state index is 13.4. The Hall–Kier alpha value is -3.80. The minimum Gasteiger partial charge on any atom is -0.438 e. The molecular formula is C23H18FN3O2. The molecule has 0 radical (unpaired) electrons. The minimum absolute atomic E-state index is 0.142. The van der Waals surface area contributed by atoms with Crippen LogP contribution in [0.4, 0.5) is 15.9 Å². The first-order valence-electron chi connectivity index (χ1n) is 9.07. The molecule has 2 aromatic carbocycles. The largest absolute Gasteiger partial charge is 0.438 e. The highest BCUT2D eigenvalue weighted by Crippen LogP contribution is 2.20. The van der Waals surface area contributed by atoms with Gasteiger partial charge in [0, 0.05) is 11.6 Å². The third-order valence-electron chi connectivity index (χ3n) is 4.43. The summed E-state index contributed by atoms with van der Waals surface area (Å²) in [6.45, 7) is 3.67. The topological polar surface area (TPSA) is 67.5 Å². The molecule has 0 aliphatic carbocycles. The standard InChI is InChI=1S/C23H18FN3O2/c1-14-7-10-21(25-13-14)27-22(28)18-12-16-5-3-4-6-20(16)29-23(18)26-19-9-8-17(24)11-15(19)2/h3-13H,1-2H3,(H,25,27,28). The normalized spacial score (nSPS) is 11.6. The number of hydrogen-bond donors (Lipinski definition) is 1. The van der Waals surface area contributed by atoms with Crippen molar-refractivity contribution in [1.29, 1.82) is 0 Å². The number of aromatic nitrogens is 1. The summed E-state index contributed by atoms with van der Waals surface area (Å²) in [5.74, 6) is -0.313. The van der Waals surface area contributed by atoms with Crippen LogP contribution in [0.5, 0.6) is 0 Å². The number of fused-ring (bicyclic) bond motifs is 1. The second kappa shape index (κ2) is 7.67. The summed E-state index contributed by atoms with van der Waals surface area (Å²) < 4.78 is 19.4. The number of nitrogens with zero attached hydrogens (tertiary/aromatic N) is 2. The van der Waals surface area contributed by atoms with Crippen LogP contribution in [0.15, 0.2) is 76.3 Å². The molecule has 0 aliphatic heterocycles. The van der Waals surface area contributed by atoms with Gasteiger partial charge in [-0.2, -0.15) is 0 Å². The van der Waals surface area contributed by atoms with Gasteiger partial charge in [0.25, 0.3) is 5.91 Å². The number of carbonyl (C=O) groups excluding carboxylic acids is 1. The van der Waals surface area contributed by atoms with Crippen molar-refractivity contribution < 1.29 is 13.6 Å².